The first-order valence-electron chi connectivity index (χ1n) is 10.7. The van der Waals surface area contributed by atoms with Crippen molar-refractivity contribution in [1.29, 1.82) is 0 Å². The van der Waals surface area contributed by atoms with Crippen molar-refractivity contribution in [2.45, 2.75) is 26.7 Å². The number of anilines is 3. The molecule has 0 bridgehead atoms. The van der Waals surface area contributed by atoms with E-state index >= 15 is 0 Å². The van der Waals surface area contributed by atoms with Gasteiger partial charge in [-0.2, -0.15) is 0 Å². The number of carbonyl (C=O) groups excluding carboxylic acids is 1. The van der Waals surface area contributed by atoms with Crippen LogP contribution in [0.5, 0.6) is 0 Å². The Labute approximate surface area is 183 Å². The van der Waals surface area contributed by atoms with Crippen LogP contribution in [0.25, 0.3) is 0 Å². The van der Waals surface area contributed by atoms with Crippen LogP contribution in [0.4, 0.5) is 22.1 Å². The van der Waals surface area contributed by atoms with E-state index in [0.717, 1.165) is 49.3 Å². The Bertz CT molecular complexity index is 874. The van der Waals surface area contributed by atoms with Gasteiger partial charge in [-0.15, -0.1) is 10.2 Å². The Balaban J connectivity index is 1.29. The van der Waals surface area contributed by atoms with Crippen molar-refractivity contribution in [3.8, 4) is 0 Å². The minimum Gasteiger partial charge on any atom is -0.355 e. The van der Waals surface area contributed by atoms with Crippen molar-refractivity contribution >= 4 is 35.0 Å². The first-order chi connectivity index (χ1) is 14.5. The summed E-state index contributed by atoms with van der Waals surface area (Å²) >= 11 is 6.15. The lowest BCUT2D eigenvalue weighted by molar-refractivity contribution is 0.208. The molecule has 2 saturated heterocycles. The molecule has 1 aromatic carbocycles. The van der Waals surface area contributed by atoms with Crippen molar-refractivity contribution in [3.63, 3.8) is 0 Å². The predicted octanol–water partition coefficient (Wildman–Crippen LogP) is 4.03. The molecular weight excluding hydrogens is 400 g/mol. The summed E-state index contributed by atoms with van der Waals surface area (Å²) in [5.74, 6) is 2.62. The molecule has 7 nitrogen and oxygen atoms in total. The molecule has 3 heterocycles. The Morgan fingerprint density at radius 2 is 1.57 bits per heavy atom. The van der Waals surface area contributed by atoms with E-state index in [9.17, 15) is 4.79 Å². The highest BCUT2D eigenvalue weighted by atomic mass is 35.5. The van der Waals surface area contributed by atoms with Gasteiger partial charge >= 0.3 is 6.03 Å². The molecule has 0 aliphatic carbocycles. The van der Waals surface area contributed by atoms with Gasteiger partial charge in [0.1, 0.15) is 0 Å². The van der Waals surface area contributed by atoms with Gasteiger partial charge < -0.3 is 20.0 Å². The van der Waals surface area contributed by atoms with Crippen LogP contribution in [-0.2, 0) is 0 Å². The molecule has 1 N–H and O–H groups in total. The maximum atomic E-state index is 12.6. The van der Waals surface area contributed by atoms with Gasteiger partial charge in [0.15, 0.2) is 11.6 Å². The van der Waals surface area contributed by atoms with E-state index in [2.05, 4.69) is 38.3 Å². The molecule has 2 aromatic rings. The summed E-state index contributed by atoms with van der Waals surface area (Å²) in [6.07, 6.45) is 2.42. The van der Waals surface area contributed by atoms with Crippen molar-refractivity contribution in [2.75, 3.05) is 54.4 Å². The van der Waals surface area contributed by atoms with Crippen LogP contribution in [0.15, 0.2) is 30.3 Å². The number of urea groups is 1. The van der Waals surface area contributed by atoms with Crippen LogP contribution in [0.2, 0.25) is 5.02 Å². The van der Waals surface area contributed by atoms with Gasteiger partial charge in [0.2, 0.25) is 0 Å². The Hall–Kier alpha value is -2.54. The van der Waals surface area contributed by atoms with Gasteiger partial charge in [-0.25, -0.2) is 4.79 Å². The van der Waals surface area contributed by atoms with Crippen molar-refractivity contribution in [1.82, 2.24) is 15.1 Å². The molecule has 2 aliphatic heterocycles. The Morgan fingerprint density at radius 3 is 2.13 bits per heavy atom. The molecule has 2 fully saturated rings. The largest absolute Gasteiger partial charge is 0.355 e. The number of benzene rings is 1. The van der Waals surface area contributed by atoms with Gasteiger partial charge in [0, 0.05) is 50.0 Å². The van der Waals surface area contributed by atoms with Crippen LogP contribution >= 0.6 is 11.6 Å². The third-order valence-electron chi connectivity index (χ3n) is 6.06. The summed E-state index contributed by atoms with van der Waals surface area (Å²) in [4.78, 5) is 18.9. The normalized spacial score (nSPS) is 17.9. The Kier molecular flexibility index (Phi) is 6.27. The van der Waals surface area contributed by atoms with Crippen LogP contribution in [0.3, 0.4) is 0 Å². The summed E-state index contributed by atoms with van der Waals surface area (Å²) in [6, 6.07) is 9.57. The number of hydrogen-bond donors (Lipinski definition) is 1. The summed E-state index contributed by atoms with van der Waals surface area (Å²) in [7, 11) is 0. The van der Waals surface area contributed by atoms with E-state index < -0.39 is 0 Å². The number of amides is 2. The molecule has 0 radical (unpaired) electrons. The van der Waals surface area contributed by atoms with E-state index in [0.29, 0.717) is 23.8 Å². The zero-order valence-corrected chi connectivity index (χ0v) is 18.4. The lowest BCUT2D eigenvalue weighted by Gasteiger charge is -2.35. The highest BCUT2D eigenvalue weighted by Gasteiger charge is 2.23. The summed E-state index contributed by atoms with van der Waals surface area (Å²) in [6.45, 7) is 9.09. The third kappa shape index (κ3) is 4.78. The number of nitrogens with one attached hydrogen (secondary N) is 1. The van der Waals surface area contributed by atoms with Gasteiger partial charge in [0.25, 0.3) is 0 Å². The quantitative estimate of drug-likeness (QED) is 0.799. The van der Waals surface area contributed by atoms with Gasteiger partial charge in [-0.3, -0.25) is 0 Å². The number of piperazine rings is 1. The van der Waals surface area contributed by atoms with Crippen LogP contribution < -0.4 is 15.1 Å². The molecule has 2 aliphatic rings. The third-order valence-corrected chi connectivity index (χ3v) is 6.47. The maximum absolute atomic E-state index is 12.6. The molecule has 4 rings (SSSR count). The average molecular weight is 429 g/mol. The van der Waals surface area contributed by atoms with Crippen LogP contribution in [-0.4, -0.2) is 60.4 Å². The lowest BCUT2D eigenvalue weighted by Crippen LogP contribution is -2.50. The topological polar surface area (TPSA) is 64.6 Å². The fourth-order valence-corrected chi connectivity index (χ4v) is 4.09. The van der Waals surface area contributed by atoms with Gasteiger partial charge in [-0.1, -0.05) is 24.6 Å². The number of piperidine rings is 1. The lowest BCUT2D eigenvalue weighted by atomic mass is 9.99. The van der Waals surface area contributed by atoms with E-state index in [-0.39, 0.29) is 6.03 Å². The first kappa shape index (κ1) is 20.7. The molecule has 30 heavy (non-hydrogen) atoms. The number of aromatic nitrogens is 2. The van der Waals surface area contributed by atoms with Crippen molar-refractivity contribution in [2.24, 2.45) is 5.92 Å². The zero-order chi connectivity index (χ0) is 21.1. The molecule has 0 atom stereocenters. The highest BCUT2D eigenvalue weighted by Crippen LogP contribution is 2.23. The van der Waals surface area contributed by atoms with E-state index in [1.54, 1.807) is 6.07 Å². The fourth-order valence-electron chi connectivity index (χ4n) is 3.90. The second-order valence-electron chi connectivity index (χ2n) is 8.29. The smallest absolute Gasteiger partial charge is 0.321 e. The fraction of sp³-hybridized carbons (Fsp3) is 0.500. The number of carbonyl (C=O) groups is 1. The number of nitrogens with zero attached hydrogens (tertiary/aromatic N) is 5. The van der Waals surface area contributed by atoms with Crippen LogP contribution in [0.1, 0.15) is 25.3 Å². The van der Waals surface area contributed by atoms with Crippen molar-refractivity contribution in [3.05, 3.63) is 40.9 Å². The second-order valence-corrected chi connectivity index (χ2v) is 8.69. The maximum Gasteiger partial charge on any atom is 0.321 e. The summed E-state index contributed by atoms with van der Waals surface area (Å²) in [5, 5.41) is 12.5. The predicted molar refractivity (Wildman–Crippen MR) is 122 cm³/mol. The molecule has 0 saturated carbocycles. The standard InChI is InChI=1S/C22H29ClN6O/c1-16-7-9-27(10-8-16)20-5-6-21(26-25-20)28-11-13-29(14-12-28)22(30)24-18-4-3-17(2)19(23)15-18/h3-6,15-16H,7-14H2,1-2H3,(H,24,30). The van der Waals surface area contributed by atoms with Gasteiger partial charge in [-0.05, 0) is 55.5 Å². The summed E-state index contributed by atoms with van der Waals surface area (Å²) < 4.78 is 0. The summed E-state index contributed by atoms with van der Waals surface area (Å²) in [5.41, 5.74) is 1.71. The highest BCUT2D eigenvalue weighted by molar-refractivity contribution is 6.31. The number of hydrogen-bond acceptors (Lipinski definition) is 5. The molecule has 2 amide bonds. The van der Waals surface area contributed by atoms with E-state index in [1.165, 1.54) is 12.8 Å². The monoisotopic (exact) mass is 428 g/mol. The molecule has 8 heteroatoms. The first-order valence-corrected chi connectivity index (χ1v) is 11.0. The minimum atomic E-state index is -0.102. The van der Waals surface area contributed by atoms with Crippen molar-refractivity contribution < 1.29 is 4.79 Å². The Morgan fingerprint density at radius 1 is 0.967 bits per heavy atom. The zero-order valence-electron chi connectivity index (χ0n) is 17.6. The van der Waals surface area contributed by atoms with Gasteiger partial charge in [0.05, 0.1) is 0 Å². The van der Waals surface area contributed by atoms with E-state index in [4.69, 9.17) is 11.6 Å². The number of aryl methyl sites for hydroxylation is 1. The second kappa shape index (κ2) is 9.08. The van der Waals surface area contributed by atoms with E-state index in [1.807, 2.05) is 30.0 Å². The number of rotatable bonds is 3. The SMILES string of the molecule is Cc1ccc(NC(=O)N2CCN(c3ccc(N4CCC(C)CC4)nn3)CC2)cc1Cl. The average Bonchev–Trinajstić information content (AvgIpc) is 2.77. The molecule has 0 unspecified atom stereocenters. The molecule has 160 valence electrons. The molecule has 1 aromatic heterocycles. The molecule has 0 spiro atoms. The van der Waals surface area contributed by atoms with Crippen LogP contribution in [0, 0.1) is 12.8 Å². The minimum absolute atomic E-state index is 0.102. The molecular formula is C22H29ClN6O. The number of halogens is 1.